The summed E-state index contributed by atoms with van der Waals surface area (Å²) in [5, 5.41) is 3.05. The number of hydrogen-bond donors (Lipinski definition) is 1. The number of carbonyl (C=O) groups is 3. The molecule has 1 N–H and O–H groups in total. The van der Waals surface area contributed by atoms with E-state index >= 15 is 4.39 Å². The summed E-state index contributed by atoms with van der Waals surface area (Å²) < 4.78 is 59.2. The highest BCUT2D eigenvalue weighted by Gasteiger charge is 2.56. The van der Waals surface area contributed by atoms with Gasteiger partial charge in [0.05, 0.1) is 23.7 Å². The fraction of sp³-hybridized carbons (Fsp3) is 0.444. The number of Topliss-reactive ketones (excluding diaryl/α,β-unsaturated/α-hetero) is 1. The van der Waals surface area contributed by atoms with Crippen LogP contribution < -0.4 is 10.2 Å². The number of nitrogens with zero attached hydrogens (tertiary/aromatic N) is 1. The molecule has 1 fully saturated rings. The van der Waals surface area contributed by atoms with Crippen LogP contribution >= 0.6 is 23.4 Å². The Kier molecular flexibility index (Phi) is 8.23. The molecule has 4 rings (SSSR count). The van der Waals surface area contributed by atoms with Gasteiger partial charge >= 0.3 is 12.3 Å². The molecule has 1 saturated carbocycles. The Morgan fingerprint density at radius 2 is 1.82 bits per heavy atom. The van der Waals surface area contributed by atoms with E-state index in [1.54, 1.807) is 45.0 Å². The van der Waals surface area contributed by atoms with Crippen molar-refractivity contribution < 1.29 is 36.7 Å². The highest BCUT2D eigenvalue weighted by atomic mass is 35.5. The topological polar surface area (TPSA) is 75.7 Å². The van der Waals surface area contributed by atoms with Crippen molar-refractivity contribution in [2.24, 2.45) is 11.8 Å². The second kappa shape index (κ2) is 11.0. The standard InChI is InChI=1S/C27H27ClF4N2O4S/c1-26(2,3)38-25(37)33-20-13-39-23-11-19(29)17(22(35)9-15-8-18(15)27(30,31)32)10-21(23)34(24(20)36)12-14-4-6-16(28)7-5-14/h4-7,10-11,15,18,20H,8-9,12-13H2,1-3H3,(H,33,37)/t15?,18?,20-/m0/s1. The molecule has 210 valence electrons. The van der Waals surface area contributed by atoms with E-state index in [0.29, 0.717) is 15.5 Å². The Bertz CT molecular complexity index is 1280. The summed E-state index contributed by atoms with van der Waals surface area (Å²) in [4.78, 5) is 40.7. The SMILES string of the molecule is CC(C)(C)OC(=O)N[C@H]1CSc2cc(F)c(C(=O)CC3CC3C(F)(F)F)cc2N(Cc2ccc(Cl)cc2)C1=O. The van der Waals surface area contributed by atoms with E-state index in [4.69, 9.17) is 16.3 Å². The summed E-state index contributed by atoms with van der Waals surface area (Å²) in [7, 11) is 0. The first-order chi connectivity index (χ1) is 18.1. The average molecular weight is 587 g/mol. The molecule has 0 aromatic heterocycles. The van der Waals surface area contributed by atoms with Gasteiger partial charge < -0.3 is 15.0 Å². The Balaban J connectivity index is 1.65. The molecule has 6 nitrogen and oxygen atoms in total. The fourth-order valence-corrected chi connectivity index (χ4v) is 5.55. The molecule has 12 heteroatoms. The van der Waals surface area contributed by atoms with Gasteiger partial charge in [-0.15, -0.1) is 11.8 Å². The zero-order valence-electron chi connectivity index (χ0n) is 21.4. The van der Waals surface area contributed by atoms with E-state index in [1.165, 1.54) is 11.0 Å². The first-order valence-corrected chi connectivity index (χ1v) is 13.6. The van der Waals surface area contributed by atoms with Gasteiger partial charge in [-0.1, -0.05) is 23.7 Å². The Labute approximate surface area is 232 Å². The van der Waals surface area contributed by atoms with Crippen molar-refractivity contribution in [1.82, 2.24) is 5.32 Å². The number of halogens is 5. The van der Waals surface area contributed by atoms with E-state index in [2.05, 4.69) is 5.32 Å². The molecular weight excluding hydrogens is 560 g/mol. The van der Waals surface area contributed by atoms with Crippen molar-refractivity contribution in [1.29, 1.82) is 0 Å². The summed E-state index contributed by atoms with van der Waals surface area (Å²) in [6, 6.07) is 7.96. The van der Waals surface area contributed by atoms with Crippen molar-refractivity contribution in [3.8, 4) is 0 Å². The number of alkyl carbamates (subject to hydrolysis) is 1. The maximum Gasteiger partial charge on any atom is 0.408 e. The molecule has 39 heavy (non-hydrogen) atoms. The van der Waals surface area contributed by atoms with E-state index in [1.807, 2.05) is 0 Å². The number of thioether (sulfide) groups is 1. The molecule has 2 aliphatic rings. The third-order valence-corrected chi connectivity index (χ3v) is 7.73. The number of rotatable bonds is 6. The van der Waals surface area contributed by atoms with Gasteiger partial charge in [0.25, 0.3) is 5.91 Å². The Morgan fingerprint density at radius 3 is 2.41 bits per heavy atom. The number of benzene rings is 2. The minimum atomic E-state index is -4.40. The molecule has 2 aromatic carbocycles. The van der Waals surface area contributed by atoms with Crippen LogP contribution in [0, 0.1) is 17.7 Å². The summed E-state index contributed by atoms with van der Waals surface area (Å²) in [6.45, 7) is 5.05. The number of alkyl halides is 3. The second-order valence-electron chi connectivity index (χ2n) is 10.6. The van der Waals surface area contributed by atoms with Crippen LogP contribution in [0.2, 0.25) is 5.02 Å². The van der Waals surface area contributed by atoms with E-state index in [0.717, 1.165) is 17.8 Å². The van der Waals surface area contributed by atoms with Crippen LogP contribution in [0.3, 0.4) is 0 Å². The van der Waals surface area contributed by atoms with Gasteiger partial charge in [-0.3, -0.25) is 9.59 Å². The number of hydrogen-bond acceptors (Lipinski definition) is 5. The lowest BCUT2D eigenvalue weighted by Gasteiger charge is -2.27. The van der Waals surface area contributed by atoms with Crippen LogP contribution in [0.15, 0.2) is 41.3 Å². The molecule has 2 unspecified atom stereocenters. The van der Waals surface area contributed by atoms with E-state index in [9.17, 15) is 27.6 Å². The van der Waals surface area contributed by atoms with E-state index < -0.39 is 59.7 Å². The number of carbonyl (C=O) groups excluding carboxylic acids is 3. The van der Waals surface area contributed by atoms with Crippen LogP contribution in [0.4, 0.5) is 28.0 Å². The monoisotopic (exact) mass is 586 g/mol. The quantitative estimate of drug-likeness (QED) is 0.298. The molecule has 1 aliphatic carbocycles. The fourth-order valence-electron chi connectivity index (χ4n) is 4.35. The molecular formula is C27H27ClF4N2O4S. The number of anilines is 1. The average Bonchev–Trinajstić information content (AvgIpc) is 3.60. The van der Waals surface area contributed by atoms with Crippen molar-refractivity contribution in [3.05, 3.63) is 58.4 Å². The lowest BCUT2D eigenvalue weighted by Crippen LogP contribution is -2.50. The zero-order chi connectivity index (χ0) is 28.7. The van der Waals surface area contributed by atoms with Gasteiger partial charge in [0.15, 0.2) is 5.78 Å². The third kappa shape index (κ3) is 7.25. The number of amides is 2. The molecule has 2 aromatic rings. The number of nitrogens with one attached hydrogen (secondary N) is 1. The molecule has 3 atom stereocenters. The van der Waals surface area contributed by atoms with Crippen LogP contribution in [-0.2, 0) is 16.1 Å². The maximum absolute atomic E-state index is 15.1. The highest BCUT2D eigenvalue weighted by Crippen LogP contribution is 2.52. The molecule has 0 bridgehead atoms. The van der Waals surface area contributed by atoms with Gasteiger partial charge in [-0.05, 0) is 62.9 Å². The first-order valence-electron chi connectivity index (χ1n) is 12.2. The summed E-state index contributed by atoms with van der Waals surface area (Å²) >= 11 is 7.10. The van der Waals surface area contributed by atoms with Gasteiger partial charge in [-0.2, -0.15) is 13.2 Å². The smallest absolute Gasteiger partial charge is 0.408 e. The zero-order valence-corrected chi connectivity index (χ0v) is 23.0. The second-order valence-corrected chi connectivity index (χ2v) is 12.1. The normalized spacial score (nSPS) is 21.2. The van der Waals surface area contributed by atoms with Gasteiger partial charge in [-0.25, -0.2) is 9.18 Å². The van der Waals surface area contributed by atoms with Crippen molar-refractivity contribution in [2.75, 3.05) is 10.7 Å². The molecule has 1 heterocycles. The van der Waals surface area contributed by atoms with Gasteiger partial charge in [0.2, 0.25) is 0 Å². The third-order valence-electron chi connectivity index (χ3n) is 6.34. The lowest BCUT2D eigenvalue weighted by atomic mass is 10.0. The van der Waals surface area contributed by atoms with Crippen molar-refractivity contribution >= 4 is 46.8 Å². The Morgan fingerprint density at radius 1 is 1.15 bits per heavy atom. The predicted molar refractivity (Wildman–Crippen MR) is 140 cm³/mol. The molecule has 0 spiro atoms. The number of ether oxygens (including phenoxy) is 1. The first kappa shape index (κ1) is 29.2. The lowest BCUT2D eigenvalue weighted by molar-refractivity contribution is -0.150. The minimum absolute atomic E-state index is 0.00803. The van der Waals surface area contributed by atoms with Crippen LogP contribution in [-0.4, -0.2) is 41.4 Å². The summed E-state index contributed by atoms with van der Waals surface area (Å²) in [5.74, 6) is -4.56. The minimum Gasteiger partial charge on any atom is -0.444 e. The van der Waals surface area contributed by atoms with Crippen LogP contribution in [0.25, 0.3) is 0 Å². The molecule has 1 aliphatic heterocycles. The highest BCUT2D eigenvalue weighted by molar-refractivity contribution is 7.99. The summed E-state index contributed by atoms with van der Waals surface area (Å²) in [5.41, 5.74) is -0.289. The largest absolute Gasteiger partial charge is 0.444 e. The molecule has 2 amide bonds. The Hall–Kier alpha value is -2.79. The summed E-state index contributed by atoms with van der Waals surface area (Å²) in [6.07, 6.45) is -5.81. The maximum atomic E-state index is 15.1. The van der Waals surface area contributed by atoms with E-state index in [-0.39, 0.29) is 30.0 Å². The van der Waals surface area contributed by atoms with Crippen molar-refractivity contribution in [3.63, 3.8) is 0 Å². The van der Waals surface area contributed by atoms with Crippen LogP contribution in [0.1, 0.15) is 49.5 Å². The number of ketones is 1. The molecule has 0 saturated heterocycles. The number of fused-ring (bicyclic) bond motifs is 1. The van der Waals surface area contributed by atoms with Crippen LogP contribution in [0.5, 0.6) is 0 Å². The molecule has 0 radical (unpaired) electrons. The predicted octanol–water partition coefficient (Wildman–Crippen LogP) is 6.78. The van der Waals surface area contributed by atoms with Gasteiger partial charge in [0, 0.05) is 22.1 Å². The van der Waals surface area contributed by atoms with Gasteiger partial charge in [0.1, 0.15) is 17.5 Å². The van der Waals surface area contributed by atoms with Crippen molar-refractivity contribution in [2.45, 2.75) is 62.9 Å².